The number of nitro benzene ring substituents is 1. The van der Waals surface area contributed by atoms with Crippen LogP contribution >= 0.6 is 11.6 Å². The van der Waals surface area contributed by atoms with Gasteiger partial charge in [0.25, 0.3) is 5.56 Å². The van der Waals surface area contributed by atoms with Crippen LogP contribution in [0.2, 0.25) is 5.02 Å². The van der Waals surface area contributed by atoms with Gasteiger partial charge in [0.15, 0.2) is 11.6 Å². The lowest BCUT2D eigenvalue weighted by Crippen LogP contribution is -2.20. The second-order valence-electron chi connectivity index (χ2n) is 9.10. The molecule has 0 unspecified atom stereocenters. The summed E-state index contributed by atoms with van der Waals surface area (Å²) in [6.07, 6.45) is -3.49. The number of hydrogen-bond donors (Lipinski definition) is 0. The van der Waals surface area contributed by atoms with Crippen molar-refractivity contribution in [2.75, 3.05) is 7.11 Å². The van der Waals surface area contributed by atoms with Gasteiger partial charge in [0.2, 0.25) is 5.75 Å². The number of ether oxygens (including phenoxy) is 2. The maximum absolute atomic E-state index is 13.5. The van der Waals surface area contributed by atoms with Gasteiger partial charge in [-0.2, -0.15) is 22.9 Å². The van der Waals surface area contributed by atoms with Crippen LogP contribution in [0.4, 0.5) is 18.9 Å². The highest BCUT2D eigenvalue weighted by Gasteiger charge is 2.31. The third-order valence-electron chi connectivity index (χ3n) is 6.33. The van der Waals surface area contributed by atoms with Crippen LogP contribution in [0.5, 0.6) is 11.5 Å². The summed E-state index contributed by atoms with van der Waals surface area (Å²) in [4.78, 5) is 29.2. The van der Waals surface area contributed by atoms with E-state index in [2.05, 4.69) is 10.1 Å². The quantitative estimate of drug-likeness (QED) is 0.105. The highest BCUT2D eigenvalue weighted by Crippen LogP contribution is 2.39. The first-order chi connectivity index (χ1) is 20.6. The molecule has 5 aromatic rings. The van der Waals surface area contributed by atoms with E-state index >= 15 is 0 Å². The summed E-state index contributed by atoms with van der Waals surface area (Å²) in [6.45, 7) is -0.0805. The van der Waals surface area contributed by atoms with Gasteiger partial charge in [0.1, 0.15) is 6.61 Å². The monoisotopic (exact) mass is 608 g/mol. The van der Waals surface area contributed by atoms with Crippen LogP contribution in [0, 0.1) is 10.1 Å². The minimum atomic E-state index is -4.63. The Morgan fingerprint density at radius 1 is 1.05 bits per heavy atom. The fourth-order valence-corrected chi connectivity index (χ4v) is 4.45. The number of nitro groups is 1. The van der Waals surface area contributed by atoms with Crippen LogP contribution < -0.4 is 15.0 Å². The molecule has 9 nitrogen and oxygen atoms in total. The smallest absolute Gasteiger partial charge is 0.416 e. The molecule has 0 spiro atoms. The van der Waals surface area contributed by atoms with Crippen molar-refractivity contribution >= 4 is 34.4 Å². The predicted molar refractivity (Wildman–Crippen MR) is 155 cm³/mol. The van der Waals surface area contributed by atoms with E-state index in [1.807, 2.05) is 0 Å². The highest BCUT2D eigenvalue weighted by atomic mass is 35.5. The second-order valence-corrected chi connectivity index (χ2v) is 9.51. The number of benzene rings is 4. The first-order valence-electron chi connectivity index (χ1n) is 12.5. The van der Waals surface area contributed by atoms with Crippen LogP contribution in [0.3, 0.4) is 0 Å². The number of rotatable bonds is 8. The van der Waals surface area contributed by atoms with Crippen molar-refractivity contribution in [1.82, 2.24) is 9.66 Å². The SMILES string of the molecule is COc1cc(C=Nn2c(-c3cccc(C(F)(F)F)c3)nc3ccccc3c2=O)cc([N+](=O)[O-])c1OCc1ccccc1Cl. The summed E-state index contributed by atoms with van der Waals surface area (Å²) >= 11 is 6.18. The van der Waals surface area contributed by atoms with E-state index in [9.17, 15) is 28.1 Å². The average molecular weight is 609 g/mol. The summed E-state index contributed by atoms with van der Waals surface area (Å²) < 4.78 is 52.3. The first kappa shape index (κ1) is 29.3. The van der Waals surface area contributed by atoms with E-state index in [1.165, 1.54) is 31.4 Å². The zero-order chi connectivity index (χ0) is 30.7. The van der Waals surface area contributed by atoms with Crippen molar-refractivity contribution in [3.63, 3.8) is 0 Å². The van der Waals surface area contributed by atoms with E-state index in [4.69, 9.17) is 21.1 Å². The Labute approximate surface area is 246 Å². The molecule has 0 fully saturated rings. The zero-order valence-electron chi connectivity index (χ0n) is 22.2. The number of para-hydroxylation sites is 1. The number of hydrogen-bond acceptors (Lipinski definition) is 7. The molecule has 1 heterocycles. The van der Waals surface area contributed by atoms with E-state index in [0.29, 0.717) is 10.6 Å². The molecule has 0 bridgehead atoms. The molecule has 0 aliphatic rings. The Balaban J connectivity index is 1.60. The van der Waals surface area contributed by atoms with Crippen LogP contribution in [-0.2, 0) is 12.8 Å². The molecule has 0 aliphatic carbocycles. The molecule has 43 heavy (non-hydrogen) atoms. The first-order valence-corrected chi connectivity index (χ1v) is 12.9. The van der Waals surface area contributed by atoms with E-state index in [1.54, 1.807) is 42.5 Å². The van der Waals surface area contributed by atoms with Gasteiger partial charge < -0.3 is 9.47 Å². The number of aromatic nitrogens is 2. The van der Waals surface area contributed by atoms with Gasteiger partial charge in [-0.25, -0.2) is 4.98 Å². The van der Waals surface area contributed by atoms with Crippen molar-refractivity contribution in [3.05, 3.63) is 127 Å². The van der Waals surface area contributed by atoms with E-state index in [-0.39, 0.29) is 46.0 Å². The summed E-state index contributed by atoms with van der Waals surface area (Å²) in [5.41, 5.74) is -1.06. The topological polar surface area (TPSA) is 109 Å². The van der Waals surface area contributed by atoms with Crippen LogP contribution in [0.1, 0.15) is 16.7 Å². The number of halogens is 4. The standard InChI is InChI=1S/C30H20ClF3N4O5/c1-42-26-14-18(13-25(38(40)41)27(26)43-17-20-7-2-4-11-23(20)31)16-35-37-28(19-8-6-9-21(15-19)30(32,33)34)36-24-12-5-3-10-22(24)29(37)39/h2-16H,17H2,1H3. The molecule has 4 aromatic carbocycles. The molecule has 0 N–H and O–H groups in total. The van der Waals surface area contributed by atoms with Crippen molar-refractivity contribution in [2.45, 2.75) is 12.8 Å². The summed E-state index contributed by atoms with van der Waals surface area (Å²) in [5.74, 6) is -0.309. The van der Waals surface area contributed by atoms with Crippen molar-refractivity contribution in [3.8, 4) is 22.9 Å². The highest BCUT2D eigenvalue weighted by molar-refractivity contribution is 6.31. The average Bonchev–Trinajstić information content (AvgIpc) is 2.99. The maximum atomic E-state index is 13.5. The number of nitrogens with zero attached hydrogens (tertiary/aromatic N) is 4. The van der Waals surface area contributed by atoms with Gasteiger partial charge in [0, 0.05) is 27.8 Å². The second kappa shape index (κ2) is 11.9. The molecule has 0 saturated heterocycles. The molecule has 13 heteroatoms. The Morgan fingerprint density at radius 3 is 2.51 bits per heavy atom. The Kier molecular flexibility index (Phi) is 8.13. The lowest BCUT2D eigenvalue weighted by atomic mass is 10.1. The Hall–Kier alpha value is -5.23. The molecule has 0 radical (unpaired) electrons. The third kappa shape index (κ3) is 6.19. The maximum Gasteiger partial charge on any atom is 0.416 e. The molecule has 0 amide bonds. The molecular weight excluding hydrogens is 589 g/mol. The fraction of sp³-hybridized carbons (Fsp3) is 0.100. The summed E-state index contributed by atoms with van der Waals surface area (Å²) in [6, 6.07) is 20.0. The molecule has 0 saturated carbocycles. The van der Waals surface area contributed by atoms with Crippen LogP contribution in [-0.4, -0.2) is 27.9 Å². The van der Waals surface area contributed by atoms with Gasteiger partial charge >= 0.3 is 11.9 Å². The Bertz CT molecular complexity index is 1940. The van der Waals surface area contributed by atoms with Gasteiger partial charge in [0.05, 0.1) is 34.7 Å². The number of methoxy groups -OCH3 is 1. The minimum Gasteiger partial charge on any atom is -0.493 e. The van der Waals surface area contributed by atoms with Gasteiger partial charge in [-0.15, -0.1) is 0 Å². The van der Waals surface area contributed by atoms with Gasteiger partial charge in [-0.1, -0.05) is 54.1 Å². The number of alkyl halides is 3. The molecule has 0 atom stereocenters. The molecular formula is C30H20ClF3N4O5. The zero-order valence-corrected chi connectivity index (χ0v) is 23.0. The van der Waals surface area contributed by atoms with Gasteiger partial charge in [-0.05, 0) is 36.4 Å². The van der Waals surface area contributed by atoms with Crippen molar-refractivity contribution in [2.24, 2.45) is 5.10 Å². The lowest BCUT2D eigenvalue weighted by molar-refractivity contribution is -0.386. The van der Waals surface area contributed by atoms with Crippen LogP contribution in [0.15, 0.2) is 94.8 Å². The summed E-state index contributed by atoms with van der Waals surface area (Å²) in [7, 11) is 1.30. The minimum absolute atomic E-state index is 0.00443. The molecule has 5 rings (SSSR count). The normalized spacial score (nSPS) is 11.7. The van der Waals surface area contributed by atoms with E-state index in [0.717, 1.165) is 29.1 Å². The van der Waals surface area contributed by atoms with Crippen molar-refractivity contribution in [1.29, 1.82) is 0 Å². The lowest BCUT2D eigenvalue weighted by Gasteiger charge is -2.13. The fourth-order valence-electron chi connectivity index (χ4n) is 4.26. The summed E-state index contributed by atoms with van der Waals surface area (Å²) in [5, 5.41) is 16.8. The third-order valence-corrected chi connectivity index (χ3v) is 6.70. The molecule has 218 valence electrons. The Morgan fingerprint density at radius 2 is 1.79 bits per heavy atom. The molecule has 1 aromatic heterocycles. The van der Waals surface area contributed by atoms with Crippen LogP contribution in [0.25, 0.3) is 22.3 Å². The van der Waals surface area contributed by atoms with Gasteiger partial charge in [-0.3, -0.25) is 14.9 Å². The van der Waals surface area contributed by atoms with Crippen molar-refractivity contribution < 1.29 is 27.6 Å². The number of fused-ring (bicyclic) bond motifs is 1. The molecule has 0 aliphatic heterocycles. The largest absolute Gasteiger partial charge is 0.493 e. The predicted octanol–water partition coefficient (Wildman–Crippen LogP) is 7.11. The van der Waals surface area contributed by atoms with E-state index < -0.39 is 27.9 Å².